The number of methoxy groups -OCH3 is 1. The van der Waals surface area contributed by atoms with Gasteiger partial charge in [0.05, 0.1) is 12.0 Å². The van der Waals surface area contributed by atoms with Crippen molar-refractivity contribution in [2.24, 2.45) is 0 Å². The monoisotopic (exact) mass is 193 g/mol. The molecule has 0 atom stereocenters. The minimum absolute atomic E-state index is 0.146. The van der Waals surface area contributed by atoms with Crippen LogP contribution in [0.3, 0.4) is 0 Å². The highest BCUT2D eigenvalue weighted by atomic mass is 16.6. The molecule has 0 bridgehead atoms. The van der Waals surface area contributed by atoms with Crippen LogP contribution in [0.1, 0.15) is 24.3 Å². The van der Waals surface area contributed by atoms with Crippen molar-refractivity contribution in [3.05, 3.63) is 33.9 Å². The first-order chi connectivity index (χ1) is 6.72. The molecule has 4 heteroatoms. The van der Waals surface area contributed by atoms with E-state index in [1.54, 1.807) is 19.2 Å². The van der Waals surface area contributed by atoms with Crippen LogP contribution in [0.15, 0.2) is 18.2 Å². The largest absolute Gasteiger partial charge is 0.496 e. The van der Waals surface area contributed by atoms with Gasteiger partial charge in [0.2, 0.25) is 0 Å². The zero-order chi connectivity index (χ0) is 10.1. The Kier molecular flexibility index (Phi) is 2.11. The number of nitrogens with zero attached hydrogens (tertiary/aromatic N) is 1. The molecule has 1 fully saturated rings. The maximum Gasteiger partial charge on any atom is 0.269 e. The highest BCUT2D eigenvalue weighted by Gasteiger charge is 2.28. The minimum Gasteiger partial charge on any atom is -0.496 e. The van der Waals surface area contributed by atoms with Crippen LogP contribution in [-0.4, -0.2) is 12.0 Å². The lowest BCUT2D eigenvalue weighted by Crippen LogP contribution is -1.93. The normalized spacial score (nSPS) is 15.2. The summed E-state index contributed by atoms with van der Waals surface area (Å²) in [5.41, 5.74) is 1.12. The minimum atomic E-state index is -0.370. The fourth-order valence-corrected chi connectivity index (χ4v) is 1.55. The highest BCUT2D eigenvalue weighted by molar-refractivity contribution is 5.47. The van der Waals surface area contributed by atoms with Gasteiger partial charge in [-0.25, -0.2) is 0 Å². The second kappa shape index (κ2) is 3.29. The van der Waals surface area contributed by atoms with E-state index in [9.17, 15) is 10.1 Å². The molecule has 4 nitrogen and oxygen atoms in total. The highest BCUT2D eigenvalue weighted by Crippen LogP contribution is 2.45. The van der Waals surface area contributed by atoms with Crippen molar-refractivity contribution in [1.29, 1.82) is 0 Å². The molecule has 0 heterocycles. The summed E-state index contributed by atoms with van der Waals surface area (Å²) >= 11 is 0. The lowest BCUT2D eigenvalue weighted by molar-refractivity contribution is -0.384. The van der Waals surface area contributed by atoms with Gasteiger partial charge in [-0.1, -0.05) is 0 Å². The predicted octanol–water partition coefficient (Wildman–Crippen LogP) is 2.48. The van der Waals surface area contributed by atoms with E-state index in [-0.39, 0.29) is 10.6 Å². The zero-order valence-corrected chi connectivity index (χ0v) is 7.90. The van der Waals surface area contributed by atoms with Gasteiger partial charge in [-0.05, 0) is 24.8 Å². The van der Waals surface area contributed by atoms with E-state index in [1.807, 2.05) is 0 Å². The summed E-state index contributed by atoms with van der Waals surface area (Å²) in [7, 11) is 1.59. The summed E-state index contributed by atoms with van der Waals surface area (Å²) in [6.07, 6.45) is 2.22. The number of non-ortho nitro benzene ring substituents is 1. The number of hydrogen-bond donors (Lipinski definition) is 0. The third kappa shape index (κ3) is 1.55. The van der Waals surface area contributed by atoms with Crippen LogP contribution in [0.4, 0.5) is 5.69 Å². The quantitative estimate of drug-likeness (QED) is 0.547. The molecular weight excluding hydrogens is 182 g/mol. The molecule has 74 valence electrons. The number of nitro benzene ring substituents is 1. The van der Waals surface area contributed by atoms with Crippen molar-refractivity contribution in [3.8, 4) is 5.75 Å². The molecule has 0 saturated heterocycles. The fourth-order valence-electron chi connectivity index (χ4n) is 1.55. The first kappa shape index (κ1) is 8.99. The van der Waals surface area contributed by atoms with Gasteiger partial charge in [-0.2, -0.15) is 0 Å². The SMILES string of the molecule is COc1ccc([N+](=O)[O-])cc1C1CC1. The Labute approximate surface area is 81.7 Å². The maximum absolute atomic E-state index is 10.6. The van der Waals surface area contributed by atoms with E-state index >= 15 is 0 Å². The summed E-state index contributed by atoms with van der Waals surface area (Å²) in [6, 6.07) is 4.77. The Bertz CT molecular complexity index is 372. The Hall–Kier alpha value is -1.58. The second-order valence-electron chi connectivity index (χ2n) is 3.46. The third-order valence-electron chi connectivity index (χ3n) is 2.44. The molecule has 0 amide bonds. The average molecular weight is 193 g/mol. The number of benzene rings is 1. The van der Waals surface area contributed by atoms with Crippen molar-refractivity contribution in [3.63, 3.8) is 0 Å². The third-order valence-corrected chi connectivity index (χ3v) is 2.44. The molecule has 0 aromatic heterocycles. The second-order valence-corrected chi connectivity index (χ2v) is 3.46. The van der Waals surface area contributed by atoms with Crippen LogP contribution >= 0.6 is 0 Å². The van der Waals surface area contributed by atoms with Gasteiger partial charge in [0.1, 0.15) is 5.75 Å². The van der Waals surface area contributed by atoms with Gasteiger partial charge in [0, 0.05) is 17.7 Å². The molecule has 1 aliphatic carbocycles. The van der Waals surface area contributed by atoms with E-state index in [4.69, 9.17) is 4.74 Å². The lowest BCUT2D eigenvalue weighted by Gasteiger charge is -2.06. The first-order valence-corrected chi connectivity index (χ1v) is 4.54. The van der Waals surface area contributed by atoms with Crippen LogP contribution in [0, 0.1) is 10.1 Å². The first-order valence-electron chi connectivity index (χ1n) is 4.54. The summed E-state index contributed by atoms with van der Waals surface area (Å²) in [6.45, 7) is 0. The number of nitro groups is 1. The van der Waals surface area contributed by atoms with Crippen LogP contribution < -0.4 is 4.74 Å². The zero-order valence-electron chi connectivity index (χ0n) is 7.90. The Morgan fingerprint density at radius 2 is 2.21 bits per heavy atom. The van der Waals surface area contributed by atoms with Gasteiger partial charge in [0.15, 0.2) is 0 Å². The number of hydrogen-bond acceptors (Lipinski definition) is 3. The Morgan fingerprint density at radius 1 is 1.50 bits per heavy atom. The Morgan fingerprint density at radius 3 is 2.71 bits per heavy atom. The van der Waals surface area contributed by atoms with Crippen molar-refractivity contribution in [2.45, 2.75) is 18.8 Å². The van der Waals surface area contributed by atoms with E-state index in [0.717, 1.165) is 24.2 Å². The van der Waals surface area contributed by atoms with E-state index in [0.29, 0.717) is 5.92 Å². The maximum atomic E-state index is 10.6. The van der Waals surface area contributed by atoms with Crippen LogP contribution in [-0.2, 0) is 0 Å². The standard InChI is InChI=1S/C10H11NO3/c1-14-10-5-4-8(11(12)13)6-9(10)7-2-3-7/h4-7H,2-3H2,1H3. The molecule has 0 spiro atoms. The Balaban J connectivity index is 2.41. The molecule has 1 aromatic carbocycles. The van der Waals surface area contributed by atoms with Gasteiger partial charge in [0.25, 0.3) is 5.69 Å². The average Bonchev–Trinajstić information content (AvgIpc) is 3.00. The molecule has 0 radical (unpaired) electrons. The van der Waals surface area contributed by atoms with Crippen molar-refractivity contribution < 1.29 is 9.66 Å². The van der Waals surface area contributed by atoms with Crippen LogP contribution in [0.2, 0.25) is 0 Å². The molecule has 0 unspecified atom stereocenters. The smallest absolute Gasteiger partial charge is 0.269 e. The topological polar surface area (TPSA) is 52.4 Å². The van der Waals surface area contributed by atoms with Crippen molar-refractivity contribution in [1.82, 2.24) is 0 Å². The fraction of sp³-hybridized carbons (Fsp3) is 0.400. The van der Waals surface area contributed by atoms with E-state index < -0.39 is 0 Å². The van der Waals surface area contributed by atoms with Gasteiger partial charge in [-0.15, -0.1) is 0 Å². The molecular formula is C10H11NO3. The molecule has 0 aliphatic heterocycles. The molecule has 1 aliphatic rings. The molecule has 0 N–H and O–H groups in total. The molecule has 1 aromatic rings. The van der Waals surface area contributed by atoms with Gasteiger partial charge < -0.3 is 4.74 Å². The van der Waals surface area contributed by atoms with Crippen molar-refractivity contribution >= 4 is 5.69 Å². The van der Waals surface area contributed by atoms with Crippen LogP contribution in [0.25, 0.3) is 0 Å². The number of ether oxygens (including phenoxy) is 1. The van der Waals surface area contributed by atoms with E-state index in [1.165, 1.54) is 6.07 Å². The predicted molar refractivity (Wildman–Crippen MR) is 51.6 cm³/mol. The number of rotatable bonds is 3. The molecule has 2 rings (SSSR count). The summed E-state index contributed by atoms with van der Waals surface area (Å²) in [5, 5.41) is 10.6. The van der Waals surface area contributed by atoms with E-state index in [2.05, 4.69) is 0 Å². The van der Waals surface area contributed by atoms with Gasteiger partial charge >= 0.3 is 0 Å². The summed E-state index contributed by atoms with van der Waals surface area (Å²) in [5.74, 6) is 1.22. The van der Waals surface area contributed by atoms with Crippen molar-refractivity contribution in [2.75, 3.05) is 7.11 Å². The lowest BCUT2D eigenvalue weighted by atomic mass is 10.1. The molecule has 14 heavy (non-hydrogen) atoms. The summed E-state index contributed by atoms with van der Waals surface area (Å²) in [4.78, 5) is 10.2. The van der Waals surface area contributed by atoms with Crippen LogP contribution in [0.5, 0.6) is 5.75 Å². The van der Waals surface area contributed by atoms with Gasteiger partial charge in [-0.3, -0.25) is 10.1 Å². The summed E-state index contributed by atoms with van der Waals surface area (Å²) < 4.78 is 5.16. The molecule has 1 saturated carbocycles.